The molecule has 108 valence electrons. The Kier molecular flexibility index (Phi) is 3.69. The van der Waals surface area contributed by atoms with Crippen molar-refractivity contribution >= 4 is 5.69 Å². The molecule has 0 bridgehead atoms. The zero-order valence-corrected chi connectivity index (χ0v) is 11.2. The van der Waals surface area contributed by atoms with Crippen molar-refractivity contribution in [2.24, 2.45) is 0 Å². The predicted octanol–water partition coefficient (Wildman–Crippen LogP) is 2.99. The van der Waals surface area contributed by atoms with E-state index in [0.29, 0.717) is 12.8 Å². The van der Waals surface area contributed by atoms with Crippen LogP contribution in [0, 0.1) is 0 Å². The van der Waals surface area contributed by atoms with Gasteiger partial charge in [0.2, 0.25) is 0 Å². The fourth-order valence-corrected chi connectivity index (χ4v) is 1.90. The highest BCUT2D eigenvalue weighted by atomic mass is 19.4. The van der Waals surface area contributed by atoms with Crippen LogP contribution in [0.15, 0.2) is 18.3 Å². The van der Waals surface area contributed by atoms with Crippen molar-refractivity contribution in [3.8, 4) is 5.69 Å². The molecule has 2 heterocycles. The van der Waals surface area contributed by atoms with Crippen LogP contribution in [-0.2, 0) is 19.0 Å². The minimum absolute atomic E-state index is 0.165. The van der Waals surface area contributed by atoms with Crippen LogP contribution in [0.1, 0.15) is 30.9 Å². The van der Waals surface area contributed by atoms with Crippen LogP contribution in [0.4, 0.5) is 18.9 Å². The molecule has 0 atom stereocenters. The van der Waals surface area contributed by atoms with Crippen LogP contribution in [0.5, 0.6) is 0 Å². The fourth-order valence-electron chi connectivity index (χ4n) is 1.90. The Labute approximate surface area is 114 Å². The molecule has 0 aliphatic heterocycles. The molecule has 20 heavy (non-hydrogen) atoms. The van der Waals surface area contributed by atoms with Gasteiger partial charge in [0.25, 0.3) is 0 Å². The Bertz CT molecular complexity index is 617. The molecule has 0 saturated carbocycles. The molecular weight excluding hydrogens is 269 g/mol. The second kappa shape index (κ2) is 5.15. The van der Waals surface area contributed by atoms with Gasteiger partial charge in [0.15, 0.2) is 0 Å². The minimum Gasteiger partial charge on any atom is -0.396 e. The first-order valence-electron chi connectivity index (χ1n) is 6.27. The normalized spacial score (nSPS) is 11.8. The predicted molar refractivity (Wildman–Crippen MR) is 69.5 cm³/mol. The largest absolute Gasteiger partial charge is 0.433 e. The summed E-state index contributed by atoms with van der Waals surface area (Å²) >= 11 is 0. The van der Waals surface area contributed by atoms with Crippen LogP contribution in [0.3, 0.4) is 0 Å². The van der Waals surface area contributed by atoms with Gasteiger partial charge >= 0.3 is 6.18 Å². The summed E-state index contributed by atoms with van der Waals surface area (Å²) in [5.41, 5.74) is 6.78. The van der Waals surface area contributed by atoms with E-state index >= 15 is 0 Å². The number of nitrogens with two attached hydrogens (primary N) is 1. The van der Waals surface area contributed by atoms with Crippen molar-refractivity contribution < 1.29 is 13.2 Å². The highest BCUT2D eigenvalue weighted by Gasteiger charge is 2.33. The number of aromatic nitrogens is 3. The van der Waals surface area contributed by atoms with Crippen LogP contribution < -0.4 is 5.73 Å². The maximum Gasteiger partial charge on any atom is 0.433 e. The summed E-state index contributed by atoms with van der Waals surface area (Å²) in [7, 11) is 0. The van der Waals surface area contributed by atoms with Crippen molar-refractivity contribution in [2.75, 3.05) is 5.73 Å². The van der Waals surface area contributed by atoms with Gasteiger partial charge in [0.1, 0.15) is 5.69 Å². The van der Waals surface area contributed by atoms with Crippen LogP contribution >= 0.6 is 0 Å². The second-order valence-electron chi connectivity index (χ2n) is 4.37. The van der Waals surface area contributed by atoms with E-state index in [2.05, 4.69) is 10.1 Å². The average Bonchev–Trinajstić information content (AvgIpc) is 2.81. The van der Waals surface area contributed by atoms with Gasteiger partial charge in [-0.05, 0) is 25.0 Å². The number of anilines is 1. The summed E-state index contributed by atoms with van der Waals surface area (Å²) in [6.07, 6.45) is -2.13. The zero-order valence-electron chi connectivity index (χ0n) is 11.2. The Morgan fingerprint density at radius 1 is 1.20 bits per heavy atom. The number of nitrogen functional groups attached to an aromatic ring is 1. The van der Waals surface area contributed by atoms with Crippen LogP contribution in [0.25, 0.3) is 5.69 Å². The number of nitrogens with zero attached hydrogens (tertiary/aromatic N) is 3. The van der Waals surface area contributed by atoms with Crippen molar-refractivity contribution in [2.45, 2.75) is 32.9 Å². The van der Waals surface area contributed by atoms with Crippen molar-refractivity contribution in [3.05, 3.63) is 35.4 Å². The van der Waals surface area contributed by atoms with E-state index in [9.17, 15) is 13.2 Å². The van der Waals surface area contributed by atoms with Crippen LogP contribution in [-0.4, -0.2) is 14.8 Å². The summed E-state index contributed by atoms with van der Waals surface area (Å²) in [6, 6.07) is 2.80. The molecule has 0 aliphatic carbocycles. The van der Waals surface area contributed by atoms with Crippen molar-refractivity contribution in [1.82, 2.24) is 14.8 Å². The molecule has 2 N–H and O–H groups in total. The fraction of sp³-hybridized carbons (Fsp3) is 0.385. The first-order valence-corrected chi connectivity index (χ1v) is 6.27. The van der Waals surface area contributed by atoms with Gasteiger partial charge in [-0.3, -0.25) is 0 Å². The van der Waals surface area contributed by atoms with E-state index in [1.807, 2.05) is 19.9 Å². The van der Waals surface area contributed by atoms with E-state index in [1.54, 1.807) is 0 Å². The highest BCUT2D eigenvalue weighted by molar-refractivity contribution is 5.57. The average molecular weight is 284 g/mol. The lowest BCUT2D eigenvalue weighted by Crippen LogP contribution is -2.12. The Balaban J connectivity index is 2.59. The third-order valence-corrected chi connectivity index (χ3v) is 2.99. The van der Waals surface area contributed by atoms with E-state index in [1.165, 1.54) is 4.68 Å². The number of rotatable bonds is 3. The SMILES string of the molecule is CCc1cc(CC)n(-c2cc(C(F)(F)F)ncc2N)n1. The number of aryl methyl sites for hydroxylation is 2. The zero-order chi connectivity index (χ0) is 14.9. The van der Waals surface area contributed by atoms with Gasteiger partial charge in [-0.2, -0.15) is 18.3 Å². The summed E-state index contributed by atoms with van der Waals surface area (Å²) in [5.74, 6) is 0. The lowest BCUT2D eigenvalue weighted by Gasteiger charge is -2.12. The second-order valence-corrected chi connectivity index (χ2v) is 4.37. The number of hydrogen-bond donors (Lipinski definition) is 1. The topological polar surface area (TPSA) is 56.7 Å². The van der Waals surface area contributed by atoms with Gasteiger partial charge in [-0.1, -0.05) is 13.8 Å². The van der Waals surface area contributed by atoms with E-state index < -0.39 is 11.9 Å². The molecule has 0 aliphatic rings. The van der Waals surface area contributed by atoms with Crippen LogP contribution in [0.2, 0.25) is 0 Å². The molecule has 7 heteroatoms. The minimum atomic E-state index is -4.50. The van der Waals surface area contributed by atoms with Gasteiger partial charge in [0, 0.05) is 5.69 Å². The van der Waals surface area contributed by atoms with Crippen molar-refractivity contribution in [3.63, 3.8) is 0 Å². The molecule has 2 aromatic rings. The molecule has 0 radical (unpaired) electrons. The molecule has 2 rings (SSSR count). The number of hydrogen-bond acceptors (Lipinski definition) is 3. The first-order chi connectivity index (χ1) is 9.36. The Morgan fingerprint density at radius 3 is 2.45 bits per heavy atom. The summed E-state index contributed by atoms with van der Waals surface area (Å²) in [5, 5.41) is 4.30. The summed E-state index contributed by atoms with van der Waals surface area (Å²) in [6.45, 7) is 3.85. The molecule has 0 amide bonds. The van der Waals surface area contributed by atoms with Gasteiger partial charge < -0.3 is 5.73 Å². The van der Waals surface area contributed by atoms with Crippen molar-refractivity contribution in [1.29, 1.82) is 0 Å². The van der Waals surface area contributed by atoms with E-state index in [-0.39, 0.29) is 11.4 Å². The third-order valence-electron chi connectivity index (χ3n) is 2.99. The Morgan fingerprint density at radius 2 is 1.90 bits per heavy atom. The van der Waals surface area contributed by atoms with E-state index in [0.717, 1.165) is 23.7 Å². The summed E-state index contributed by atoms with van der Waals surface area (Å²) in [4.78, 5) is 3.33. The van der Waals surface area contributed by atoms with Gasteiger partial charge in [-0.25, -0.2) is 9.67 Å². The molecule has 0 spiro atoms. The monoisotopic (exact) mass is 284 g/mol. The first kappa shape index (κ1) is 14.4. The molecule has 0 aromatic carbocycles. The molecule has 0 saturated heterocycles. The molecule has 0 fully saturated rings. The summed E-state index contributed by atoms with van der Waals surface area (Å²) < 4.78 is 39.7. The maximum atomic E-state index is 12.7. The lowest BCUT2D eigenvalue weighted by molar-refractivity contribution is -0.141. The molecule has 0 unspecified atom stereocenters. The Hall–Kier alpha value is -2.05. The third kappa shape index (κ3) is 2.61. The van der Waals surface area contributed by atoms with E-state index in [4.69, 9.17) is 5.73 Å². The molecule has 4 nitrogen and oxygen atoms in total. The van der Waals surface area contributed by atoms with Gasteiger partial charge in [0.05, 0.1) is 23.3 Å². The number of pyridine rings is 1. The maximum absolute atomic E-state index is 12.7. The quantitative estimate of drug-likeness (QED) is 0.942. The number of alkyl halides is 3. The molecule has 2 aromatic heterocycles. The van der Waals surface area contributed by atoms with Gasteiger partial charge in [-0.15, -0.1) is 0 Å². The lowest BCUT2D eigenvalue weighted by atomic mass is 10.2. The standard InChI is InChI=1S/C13H15F3N4/c1-3-8-5-9(4-2)20(19-8)11-6-12(13(14,15)16)18-7-10(11)17/h5-7H,3-4,17H2,1-2H3. The smallest absolute Gasteiger partial charge is 0.396 e. The molecular formula is C13H15F3N4. The highest BCUT2D eigenvalue weighted by Crippen LogP contribution is 2.30. The number of halogens is 3.